The molecule has 0 aromatic carbocycles. The first-order valence-electron chi connectivity index (χ1n) is 4.06. The molecular weight excluding hydrogens is 247 g/mol. The van der Waals surface area contributed by atoms with Gasteiger partial charge in [0.15, 0.2) is 12.0 Å². The number of aromatic nitrogens is 1. The standard InChI is InChI=1S/C9H3F5N2O/c10-8(11)6-5(1-15)4(3-17)2-16-7(6)9(12,13)14/h2-3,8H. The van der Waals surface area contributed by atoms with Gasteiger partial charge >= 0.3 is 6.18 Å². The van der Waals surface area contributed by atoms with Crippen LogP contribution in [0.15, 0.2) is 6.20 Å². The zero-order chi connectivity index (χ0) is 13.2. The molecule has 17 heavy (non-hydrogen) atoms. The maximum atomic E-state index is 12.5. The summed E-state index contributed by atoms with van der Waals surface area (Å²) < 4.78 is 62.1. The predicted molar refractivity (Wildman–Crippen MR) is 44.3 cm³/mol. The molecule has 3 nitrogen and oxygen atoms in total. The summed E-state index contributed by atoms with van der Waals surface area (Å²) in [5.41, 5.74) is -5.02. The average Bonchev–Trinajstić information content (AvgIpc) is 2.25. The summed E-state index contributed by atoms with van der Waals surface area (Å²) in [4.78, 5) is 13.2. The van der Waals surface area contributed by atoms with Crippen molar-refractivity contribution in [1.29, 1.82) is 5.26 Å². The van der Waals surface area contributed by atoms with Crippen LogP contribution < -0.4 is 0 Å². The van der Waals surface area contributed by atoms with Crippen molar-refractivity contribution < 1.29 is 26.7 Å². The number of hydrogen-bond donors (Lipinski definition) is 0. The molecule has 0 saturated heterocycles. The van der Waals surface area contributed by atoms with Crippen molar-refractivity contribution in [1.82, 2.24) is 4.98 Å². The lowest BCUT2D eigenvalue weighted by atomic mass is 10.0. The second-order valence-electron chi connectivity index (χ2n) is 2.88. The lowest BCUT2D eigenvalue weighted by Crippen LogP contribution is -2.15. The molecule has 90 valence electrons. The lowest BCUT2D eigenvalue weighted by Gasteiger charge is -2.13. The third-order valence-electron chi connectivity index (χ3n) is 1.87. The van der Waals surface area contributed by atoms with Crippen molar-refractivity contribution >= 4 is 6.29 Å². The van der Waals surface area contributed by atoms with E-state index >= 15 is 0 Å². The number of pyridine rings is 1. The van der Waals surface area contributed by atoms with Gasteiger partial charge in [0.1, 0.15) is 6.07 Å². The number of nitriles is 1. The first-order valence-corrected chi connectivity index (χ1v) is 4.06. The highest BCUT2D eigenvalue weighted by Crippen LogP contribution is 2.37. The van der Waals surface area contributed by atoms with E-state index in [0.29, 0.717) is 6.20 Å². The molecule has 0 fully saturated rings. The lowest BCUT2D eigenvalue weighted by molar-refractivity contribution is -0.143. The Bertz CT molecular complexity index is 489. The zero-order valence-corrected chi connectivity index (χ0v) is 7.92. The predicted octanol–water partition coefficient (Wildman–Crippen LogP) is 2.72. The number of alkyl halides is 5. The van der Waals surface area contributed by atoms with E-state index in [2.05, 4.69) is 4.98 Å². The first kappa shape index (κ1) is 13.0. The van der Waals surface area contributed by atoms with Crippen LogP contribution >= 0.6 is 0 Å². The number of rotatable bonds is 2. The van der Waals surface area contributed by atoms with Crippen molar-refractivity contribution in [3.8, 4) is 6.07 Å². The van der Waals surface area contributed by atoms with Crippen molar-refractivity contribution in [2.45, 2.75) is 12.6 Å². The van der Waals surface area contributed by atoms with Crippen LogP contribution in [-0.2, 0) is 6.18 Å². The van der Waals surface area contributed by atoms with Crippen molar-refractivity contribution in [3.05, 3.63) is 28.6 Å². The van der Waals surface area contributed by atoms with Crippen LogP contribution in [0.4, 0.5) is 22.0 Å². The molecule has 0 amide bonds. The molecule has 0 N–H and O–H groups in total. The van der Waals surface area contributed by atoms with E-state index in [9.17, 15) is 26.7 Å². The van der Waals surface area contributed by atoms with E-state index in [0.717, 1.165) is 6.07 Å². The van der Waals surface area contributed by atoms with Gasteiger partial charge in [0.05, 0.1) is 16.7 Å². The quantitative estimate of drug-likeness (QED) is 0.599. The SMILES string of the molecule is N#Cc1c(C=O)cnc(C(F)(F)F)c1C(F)F. The molecule has 1 heterocycles. The van der Waals surface area contributed by atoms with Gasteiger partial charge in [-0.05, 0) is 0 Å². The highest BCUT2D eigenvalue weighted by atomic mass is 19.4. The van der Waals surface area contributed by atoms with Gasteiger partial charge in [0, 0.05) is 6.20 Å². The van der Waals surface area contributed by atoms with Gasteiger partial charge in [0.2, 0.25) is 0 Å². The fourth-order valence-electron chi connectivity index (χ4n) is 1.19. The summed E-state index contributed by atoms with van der Waals surface area (Å²) in [5.74, 6) is 0. The van der Waals surface area contributed by atoms with Gasteiger partial charge in [0.25, 0.3) is 6.43 Å². The second-order valence-corrected chi connectivity index (χ2v) is 2.88. The second kappa shape index (κ2) is 4.45. The number of aldehydes is 1. The molecule has 1 aromatic heterocycles. The molecule has 0 unspecified atom stereocenters. The minimum Gasteiger partial charge on any atom is -0.298 e. The molecule has 0 aliphatic heterocycles. The van der Waals surface area contributed by atoms with Gasteiger partial charge in [-0.2, -0.15) is 18.4 Å². The normalized spacial score (nSPS) is 11.4. The minimum absolute atomic E-state index is 0.00239. The Morgan fingerprint density at radius 1 is 1.41 bits per heavy atom. The first-order chi connectivity index (χ1) is 7.82. The summed E-state index contributed by atoms with van der Waals surface area (Å²) in [6, 6.07) is 1.16. The molecule has 0 bridgehead atoms. The van der Waals surface area contributed by atoms with Gasteiger partial charge in [-0.25, -0.2) is 8.78 Å². The Balaban J connectivity index is 3.67. The molecule has 0 spiro atoms. The van der Waals surface area contributed by atoms with Crippen LogP contribution in [0.3, 0.4) is 0 Å². The smallest absolute Gasteiger partial charge is 0.298 e. The van der Waals surface area contributed by atoms with Crippen LogP contribution in [-0.4, -0.2) is 11.3 Å². The molecule has 0 saturated carbocycles. The summed E-state index contributed by atoms with van der Waals surface area (Å²) in [6.07, 6.45) is -8.22. The van der Waals surface area contributed by atoms with Crippen LogP contribution in [0.25, 0.3) is 0 Å². The fourth-order valence-corrected chi connectivity index (χ4v) is 1.19. The molecule has 8 heteroatoms. The third kappa shape index (κ3) is 2.38. The molecule has 0 aliphatic rings. The van der Waals surface area contributed by atoms with E-state index in [1.54, 1.807) is 0 Å². The largest absolute Gasteiger partial charge is 0.433 e. The number of carbonyl (C=O) groups is 1. The molecule has 0 radical (unpaired) electrons. The van der Waals surface area contributed by atoms with Gasteiger partial charge in [-0.1, -0.05) is 0 Å². The average molecular weight is 250 g/mol. The molecule has 1 rings (SSSR count). The maximum Gasteiger partial charge on any atom is 0.433 e. The number of nitrogens with zero attached hydrogens (tertiary/aromatic N) is 2. The summed E-state index contributed by atoms with van der Waals surface area (Å²) in [6.45, 7) is 0. The van der Waals surface area contributed by atoms with Crippen LogP contribution in [0.2, 0.25) is 0 Å². The van der Waals surface area contributed by atoms with E-state index in [-0.39, 0.29) is 6.29 Å². The molecule has 0 atom stereocenters. The number of halogens is 5. The van der Waals surface area contributed by atoms with Gasteiger partial charge in [-0.3, -0.25) is 9.78 Å². The van der Waals surface area contributed by atoms with Crippen molar-refractivity contribution in [2.24, 2.45) is 0 Å². The topological polar surface area (TPSA) is 53.8 Å². The van der Waals surface area contributed by atoms with E-state index in [1.165, 1.54) is 0 Å². The van der Waals surface area contributed by atoms with E-state index < -0.39 is 35.0 Å². The Morgan fingerprint density at radius 3 is 2.35 bits per heavy atom. The van der Waals surface area contributed by atoms with Gasteiger partial charge < -0.3 is 0 Å². The van der Waals surface area contributed by atoms with E-state index in [1.807, 2.05) is 0 Å². The Morgan fingerprint density at radius 2 is 2.00 bits per heavy atom. The van der Waals surface area contributed by atoms with Crippen LogP contribution in [0, 0.1) is 11.3 Å². The zero-order valence-electron chi connectivity index (χ0n) is 7.92. The maximum absolute atomic E-state index is 12.5. The highest BCUT2D eigenvalue weighted by molar-refractivity contribution is 5.79. The van der Waals surface area contributed by atoms with Crippen molar-refractivity contribution in [2.75, 3.05) is 0 Å². The summed E-state index contributed by atoms with van der Waals surface area (Å²) in [7, 11) is 0. The monoisotopic (exact) mass is 250 g/mol. The Kier molecular flexibility index (Phi) is 3.41. The molecular formula is C9H3F5N2O. The van der Waals surface area contributed by atoms with E-state index in [4.69, 9.17) is 5.26 Å². The fraction of sp³-hybridized carbons (Fsp3) is 0.222. The summed E-state index contributed by atoms with van der Waals surface area (Å²) >= 11 is 0. The Labute approximate surface area is 91.5 Å². The number of carbonyl (C=O) groups excluding carboxylic acids is 1. The third-order valence-corrected chi connectivity index (χ3v) is 1.87. The highest BCUT2D eigenvalue weighted by Gasteiger charge is 2.39. The molecule has 1 aromatic rings. The van der Waals surface area contributed by atoms with Gasteiger partial charge in [-0.15, -0.1) is 0 Å². The van der Waals surface area contributed by atoms with Crippen molar-refractivity contribution in [3.63, 3.8) is 0 Å². The van der Waals surface area contributed by atoms with Crippen LogP contribution in [0.5, 0.6) is 0 Å². The summed E-state index contributed by atoms with van der Waals surface area (Å²) in [5, 5.41) is 8.53. The number of hydrogen-bond acceptors (Lipinski definition) is 3. The van der Waals surface area contributed by atoms with Crippen LogP contribution in [0.1, 0.15) is 33.6 Å². The minimum atomic E-state index is -5.11. The molecule has 0 aliphatic carbocycles. The Hall–Kier alpha value is -2.04.